The van der Waals surface area contributed by atoms with Crippen molar-refractivity contribution in [3.8, 4) is 11.5 Å². The number of nitrogens with zero attached hydrogens (tertiary/aromatic N) is 5. The Hall–Kier alpha value is -3.47. The van der Waals surface area contributed by atoms with Gasteiger partial charge >= 0.3 is 6.09 Å². The van der Waals surface area contributed by atoms with Crippen LogP contribution in [-0.4, -0.2) is 89.2 Å². The number of halogens is 1. The molecule has 44 heavy (non-hydrogen) atoms. The Labute approximate surface area is 260 Å². The SMILES string of the molecule is CC(C)N(C)C(=O)c1cc(F)ccc1Oc1cncnc1N1CC2(CN(CC[C@H]3CC[C@H](NC(=O)OC(C)(C)C)CC3)C2)C1. The lowest BCUT2D eigenvalue weighted by atomic mass is 9.72. The number of carbonyl (C=O) groups excluding carboxylic acids is 2. The van der Waals surface area contributed by atoms with Crippen LogP contribution in [0.5, 0.6) is 11.5 Å². The van der Waals surface area contributed by atoms with E-state index in [2.05, 4.69) is 25.1 Å². The van der Waals surface area contributed by atoms with Crippen LogP contribution in [-0.2, 0) is 4.74 Å². The van der Waals surface area contributed by atoms with Crippen LogP contribution in [0, 0.1) is 17.2 Å². The third-order valence-electron chi connectivity index (χ3n) is 9.04. The van der Waals surface area contributed by atoms with Gasteiger partial charge in [-0.15, -0.1) is 0 Å². The molecule has 0 unspecified atom stereocenters. The third-order valence-corrected chi connectivity index (χ3v) is 9.04. The molecule has 3 fully saturated rings. The quantitative estimate of drug-likeness (QED) is 0.398. The number of ether oxygens (including phenoxy) is 2. The van der Waals surface area contributed by atoms with E-state index in [1.807, 2.05) is 34.6 Å². The fourth-order valence-corrected chi connectivity index (χ4v) is 6.53. The number of rotatable bonds is 9. The Bertz CT molecular complexity index is 1330. The maximum absolute atomic E-state index is 14.1. The number of amides is 2. The molecule has 2 saturated heterocycles. The largest absolute Gasteiger partial charge is 0.451 e. The monoisotopic (exact) mass is 610 g/mol. The molecular weight excluding hydrogens is 563 g/mol. The predicted molar refractivity (Wildman–Crippen MR) is 167 cm³/mol. The van der Waals surface area contributed by atoms with Crippen molar-refractivity contribution in [2.75, 3.05) is 44.7 Å². The lowest BCUT2D eigenvalue weighted by Gasteiger charge is -2.61. The first kappa shape index (κ1) is 31.9. The second-order valence-electron chi connectivity index (χ2n) is 14.2. The molecule has 3 heterocycles. The third kappa shape index (κ3) is 7.60. The highest BCUT2D eigenvalue weighted by atomic mass is 19.1. The fourth-order valence-electron chi connectivity index (χ4n) is 6.53. The molecular formula is C33H47FN6O4. The molecule has 1 saturated carbocycles. The summed E-state index contributed by atoms with van der Waals surface area (Å²) in [5.74, 6) is 1.30. The average Bonchev–Trinajstić information content (AvgIpc) is 2.92. The van der Waals surface area contributed by atoms with E-state index >= 15 is 0 Å². The molecule has 0 radical (unpaired) electrons. The lowest BCUT2D eigenvalue weighted by molar-refractivity contribution is -0.0258. The number of benzene rings is 1. The minimum absolute atomic E-state index is 0.0447. The van der Waals surface area contributed by atoms with E-state index in [9.17, 15) is 14.0 Å². The number of likely N-dealkylation sites (tertiary alicyclic amines) is 1. The summed E-state index contributed by atoms with van der Waals surface area (Å²) in [5.41, 5.74) is -0.0504. The minimum Gasteiger partial charge on any atom is -0.451 e. The summed E-state index contributed by atoms with van der Waals surface area (Å²) in [7, 11) is 1.69. The molecule has 1 aromatic carbocycles. The van der Waals surface area contributed by atoms with E-state index < -0.39 is 11.4 Å². The van der Waals surface area contributed by atoms with E-state index in [0.717, 1.165) is 58.4 Å². The van der Waals surface area contributed by atoms with Crippen molar-refractivity contribution in [1.82, 2.24) is 25.1 Å². The normalized spacial score (nSPS) is 21.4. The lowest BCUT2D eigenvalue weighted by Crippen LogP contribution is -2.72. The average molecular weight is 611 g/mol. The number of hydrogen-bond donors (Lipinski definition) is 1. The molecule has 10 nitrogen and oxygen atoms in total. The zero-order valence-corrected chi connectivity index (χ0v) is 26.9. The highest BCUT2D eigenvalue weighted by molar-refractivity contribution is 5.97. The van der Waals surface area contributed by atoms with E-state index in [-0.39, 0.29) is 40.8 Å². The van der Waals surface area contributed by atoms with Crippen molar-refractivity contribution >= 4 is 17.8 Å². The maximum Gasteiger partial charge on any atom is 0.407 e. The minimum atomic E-state index is -0.496. The molecule has 11 heteroatoms. The first-order chi connectivity index (χ1) is 20.8. The summed E-state index contributed by atoms with van der Waals surface area (Å²) in [6.07, 6.45) is 8.27. The van der Waals surface area contributed by atoms with Crippen LogP contribution in [0.2, 0.25) is 0 Å². The molecule has 5 rings (SSSR count). The van der Waals surface area contributed by atoms with Gasteiger partial charge in [-0.05, 0) is 97.4 Å². The zero-order chi connectivity index (χ0) is 31.6. The van der Waals surface area contributed by atoms with Crippen LogP contribution in [0.25, 0.3) is 0 Å². The Morgan fingerprint density at radius 2 is 1.82 bits per heavy atom. The van der Waals surface area contributed by atoms with Gasteiger partial charge in [-0.25, -0.2) is 19.2 Å². The number of nitrogens with one attached hydrogen (secondary N) is 1. The zero-order valence-electron chi connectivity index (χ0n) is 26.9. The van der Waals surface area contributed by atoms with Crippen LogP contribution in [0.1, 0.15) is 77.1 Å². The molecule has 2 amide bonds. The summed E-state index contributed by atoms with van der Waals surface area (Å²) in [4.78, 5) is 40.1. The van der Waals surface area contributed by atoms with Crippen molar-refractivity contribution in [2.24, 2.45) is 11.3 Å². The molecule has 1 spiro atoms. The van der Waals surface area contributed by atoms with Crippen LogP contribution in [0.15, 0.2) is 30.7 Å². The number of carbonyl (C=O) groups is 2. The Kier molecular flexibility index (Phi) is 9.34. The van der Waals surface area contributed by atoms with E-state index in [1.165, 1.54) is 30.9 Å². The molecule has 3 aliphatic rings. The number of alkyl carbamates (subject to hydrolysis) is 1. The summed E-state index contributed by atoms with van der Waals surface area (Å²) in [5, 5.41) is 3.04. The van der Waals surface area contributed by atoms with Crippen LogP contribution in [0.4, 0.5) is 15.0 Å². The highest BCUT2D eigenvalue weighted by Gasteiger charge is 2.52. The van der Waals surface area contributed by atoms with Gasteiger partial charge in [0.1, 0.15) is 23.5 Å². The van der Waals surface area contributed by atoms with Crippen molar-refractivity contribution in [2.45, 2.75) is 84.4 Å². The summed E-state index contributed by atoms with van der Waals surface area (Å²) in [6, 6.07) is 4.16. The van der Waals surface area contributed by atoms with Gasteiger partial charge in [-0.1, -0.05) is 0 Å². The van der Waals surface area contributed by atoms with Gasteiger partial charge in [0, 0.05) is 50.7 Å². The van der Waals surface area contributed by atoms with Gasteiger partial charge in [0.25, 0.3) is 5.91 Å². The molecule has 1 N–H and O–H groups in total. The standard InChI is InChI=1S/C33H47FN6O4/c1-22(2)38(6)30(41)26-15-24(34)9-12-27(26)43-28-16-35-21-36-29(28)40-19-33(20-40)17-39(18-33)14-13-23-7-10-25(11-8-23)37-31(42)44-32(3,4)5/h9,12,15-16,21-23,25H,7-8,10-11,13-14,17-20H2,1-6H3,(H,37,42)/t23-,25-. The van der Waals surface area contributed by atoms with Gasteiger partial charge in [0.05, 0.1) is 11.8 Å². The maximum atomic E-state index is 14.1. The molecule has 1 aromatic heterocycles. The first-order valence-corrected chi connectivity index (χ1v) is 15.8. The van der Waals surface area contributed by atoms with Gasteiger partial charge in [-0.3, -0.25) is 4.79 Å². The smallest absolute Gasteiger partial charge is 0.407 e. The predicted octanol–water partition coefficient (Wildman–Crippen LogP) is 5.48. The topological polar surface area (TPSA) is 100 Å². The molecule has 2 aliphatic heterocycles. The number of aromatic nitrogens is 2. The van der Waals surface area contributed by atoms with Gasteiger partial charge < -0.3 is 29.5 Å². The fraction of sp³-hybridized carbons (Fsp3) is 0.636. The molecule has 1 aliphatic carbocycles. The molecule has 0 bridgehead atoms. The van der Waals surface area contributed by atoms with E-state index in [0.29, 0.717) is 17.5 Å². The Morgan fingerprint density at radius 3 is 2.48 bits per heavy atom. The van der Waals surface area contributed by atoms with Gasteiger partial charge in [0.15, 0.2) is 11.6 Å². The van der Waals surface area contributed by atoms with Crippen molar-refractivity contribution in [3.05, 3.63) is 42.1 Å². The van der Waals surface area contributed by atoms with Crippen molar-refractivity contribution in [3.63, 3.8) is 0 Å². The van der Waals surface area contributed by atoms with E-state index in [4.69, 9.17) is 9.47 Å². The number of hydrogen-bond acceptors (Lipinski definition) is 8. The first-order valence-electron chi connectivity index (χ1n) is 15.8. The number of anilines is 1. The Morgan fingerprint density at radius 1 is 1.11 bits per heavy atom. The second-order valence-corrected chi connectivity index (χ2v) is 14.2. The van der Waals surface area contributed by atoms with Crippen LogP contribution in [0.3, 0.4) is 0 Å². The van der Waals surface area contributed by atoms with E-state index in [1.54, 1.807) is 18.1 Å². The second kappa shape index (κ2) is 12.9. The van der Waals surface area contributed by atoms with Crippen molar-refractivity contribution in [1.29, 1.82) is 0 Å². The van der Waals surface area contributed by atoms with Crippen LogP contribution < -0.4 is 15.0 Å². The van der Waals surface area contributed by atoms with Gasteiger partial charge in [-0.2, -0.15) is 0 Å². The van der Waals surface area contributed by atoms with Crippen molar-refractivity contribution < 1.29 is 23.5 Å². The highest BCUT2D eigenvalue weighted by Crippen LogP contribution is 2.44. The summed E-state index contributed by atoms with van der Waals surface area (Å²) in [6.45, 7) is 14.5. The summed E-state index contributed by atoms with van der Waals surface area (Å²) >= 11 is 0. The molecule has 2 aromatic rings. The van der Waals surface area contributed by atoms with Crippen LogP contribution >= 0.6 is 0 Å². The van der Waals surface area contributed by atoms with Gasteiger partial charge in [0.2, 0.25) is 0 Å². The molecule has 0 atom stereocenters. The Balaban J connectivity index is 1.08. The molecule has 240 valence electrons. The summed E-state index contributed by atoms with van der Waals surface area (Å²) < 4.78 is 25.7.